The first kappa shape index (κ1) is 20.6. The van der Waals surface area contributed by atoms with E-state index in [1.54, 1.807) is 32.0 Å². The van der Waals surface area contributed by atoms with E-state index in [1.807, 2.05) is 36.4 Å². The Kier molecular flexibility index (Phi) is 5.72. The van der Waals surface area contributed by atoms with Gasteiger partial charge in [-0.05, 0) is 41.0 Å². The van der Waals surface area contributed by atoms with Crippen molar-refractivity contribution >= 4 is 21.6 Å². The van der Waals surface area contributed by atoms with E-state index in [4.69, 9.17) is 11.5 Å². The topological polar surface area (TPSA) is 117 Å². The zero-order valence-corrected chi connectivity index (χ0v) is 17.0. The van der Waals surface area contributed by atoms with Crippen molar-refractivity contribution in [2.24, 2.45) is 5.73 Å². The predicted octanol–water partition coefficient (Wildman–Crippen LogP) is 4.17. The van der Waals surface area contributed by atoms with Crippen molar-refractivity contribution in [3.63, 3.8) is 0 Å². The molecular weight excluding hydrogens is 386 g/mol. The quantitative estimate of drug-likeness (QED) is 0.595. The molecule has 4 N–H and O–H groups in total. The molecule has 1 amide bonds. The van der Waals surface area contributed by atoms with Crippen LogP contribution >= 0.6 is 0 Å². The molecule has 0 aliphatic carbocycles. The molecular formula is C22H22N3O3S-. The first-order valence-electron chi connectivity index (χ1n) is 9.05. The van der Waals surface area contributed by atoms with E-state index < -0.39 is 15.9 Å². The summed E-state index contributed by atoms with van der Waals surface area (Å²) in [7, 11) is -3.72. The van der Waals surface area contributed by atoms with Crippen molar-refractivity contribution in [2.45, 2.75) is 24.8 Å². The van der Waals surface area contributed by atoms with E-state index >= 15 is 0 Å². The van der Waals surface area contributed by atoms with Gasteiger partial charge in [-0.2, -0.15) is 0 Å². The molecule has 6 nitrogen and oxygen atoms in total. The maximum atomic E-state index is 12.3. The van der Waals surface area contributed by atoms with Crippen LogP contribution in [0.3, 0.4) is 0 Å². The number of carbonyl (C=O) groups is 1. The Morgan fingerprint density at radius 2 is 1.52 bits per heavy atom. The first-order valence-corrected chi connectivity index (χ1v) is 10.5. The predicted molar refractivity (Wildman–Crippen MR) is 116 cm³/mol. The third kappa shape index (κ3) is 4.47. The summed E-state index contributed by atoms with van der Waals surface area (Å²) in [5.41, 5.74) is 15.2. The van der Waals surface area contributed by atoms with Crippen LogP contribution in [0.2, 0.25) is 0 Å². The minimum Gasteiger partial charge on any atom is -0.542 e. The second-order valence-electron chi connectivity index (χ2n) is 6.91. The van der Waals surface area contributed by atoms with Crippen LogP contribution < -0.4 is 11.5 Å². The highest BCUT2D eigenvalue weighted by atomic mass is 32.2. The van der Waals surface area contributed by atoms with Gasteiger partial charge in [0.15, 0.2) is 0 Å². The number of sulfonamides is 1. The van der Waals surface area contributed by atoms with Crippen molar-refractivity contribution < 1.29 is 13.2 Å². The van der Waals surface area contributed by atoms with Crippen LogP contribution in [0.4, 0.5) is 5.69 Å². The normalized spacial score (nSPS) is 11.6. The number of hydrogen-bond acceptors (Lipinski definition) is 4. The van der Waals surface area contributed by atoms with Crippen LogP contribution in [0.25, 0.3) is 27.0 Å². The number of nitrogens with zero attached hydrogens (tertiary/aromatic N) is 1. The number of primary amides is 1. The summed E-state index contributed by atoms with van der Waals surface area (Å²) in [6, 6.07) is 19.0. The number of benzene rings is 3. The van der Waals surface area contributed by atoms with Crippen LogP contribution in [0.1, 0.15) is 24.2 Å². The summed E-state index contributed by atoms with van der Waals surface area (Å²) in [5, 5.41) is 0. The van der Waals surface area contributed by atoms with Gasteiger partial charge in [0.1, 0.15) is 10.0 Å². The number of hydrogen-bond donors (Lipinski definition) is 2. The number of rotatable bonds is 6. The number of carbonyl (C=O) groups excluding carboxylic acids is 1. The Morgan fingerprint density at radius 3 is 2.07 bits per heavy atom. The van der Waals surface area contributed by atoms with Gasteiger partial charge >= 0.3 is 0 Å². The maximum absolute atomic E-state index is 12.3. The highest BCUT2D eigenvalue weighted by Gasteiger charge is 2.15. The van der Waals surface area contributed by atoms with Gasteiger partial charge in [0.25, 0.3) is 5.91 Å². The molecule has 0 radical (unpaired) electrons. The molecule has 0 spiro atoms. The summed E-state index contributed by atoms with van der Waals surface area (Å²) in [6.07, 6.45) is 0. The molecule has 0 saturated carbocycles. The average molecular weight is 409 g/mol. The molecule has 0 aromatic heterocycles. The molecule has 0 saturated heterocycles. The maximum Gasteiger partial charge on any atom is 0.250 e. The third-order valence-corrected chi connectivity index (χ3v) is 5.93. The summed E-state index contributed by atoms with van der Waals surface area (Å²) < 4.78 is 28.4. The molecule has 29 heavy (non-hydrogen) atoms. The van der Waals surface area contributed by atoms with Crippen molar-refractivity contribution in [1.29, 1.82) is 0 Å². The molecule has 0 aliphatic rings. The smallest absolute Gasteiger partial charge is 0.250 e. The molecule has 0 aliphatic heterocycles. The highest BCUT2D eigenvalue weighted by molar-refractivity contribution is 7.94. The van der Waals surface area contributed by atoms with Crippen LogP contribution in [0.15, 0.2) is 71.6 Å². The van der Waals surface area contributed by atoms with Gasteiger partial charge in [0.05, 0.1) is 11.3 Å². The first-order chi connectivity index (χ1) is 13.7. The molecule has 0 unspecified atom stereocenters. The Morgan fingerprint density at radius 1 is 0.897 bits per heavy atom. The average Bonchev–Trinajstić information content (AvgIpc) is 2.68. The Labute approximate surface area is 170 Å². The zero-order chi connectivity index (χ0) is 21.2. The van der Waals surface area contributed by atoms with Crippen LogP contribution in [-0.4, -0.2) is 20.4 Å². The Hall–Kier alpha value is -3.16. The van der Waals surface area contributed by atoms with Crippen LogP contribution in [-0.2, 0) is 10.0 Å². The van der Waals surface area contributed by atoms with Gasteiger partial charge in [-0.1, -0.05) is 56.3 Å². The molecule has 150 valence electrons. The lowest BCUT2D eigenvalue weighted by molar-refractivity contribution is 0.100. The second-order valence-corrected chi connectivity index (χ2v) is 8.55. The molecule has 0 bridgehead atoms. The Bertz CT molecular complexity index is 1140. The molecule has 3 aromatic carbocycles. The van der Waals surface area contributed by atoms with Gasteiger partial charge < -0.3 is 16.2 Å². The molecule has 7 heteroatoms. The fourth-order valence-electron chi connectivity index (χ4n) is 3.04. The summed E-state index contributed by atoms with van der Waals surface area (Å²) >= 11 is 0. The second kappa shape index (κ2) is 8.06. The summed E-state index contributed by atoms with van der Waals surface area (Å²) in [5.74, 6) is -0.628. The standard InChI is InChI=1S/C22H22N3O3S/c1-14(2)25-29(27,28)18-10-8-16(9-11-18)19-12-17(15-6-4-3-5-7-15)13-20(21(19)23)22(24)26/h3-14H,1-2H3,(H4,23,24,26)/q-1. The fourth-order valence-corrected chi connectivity index (χ4v) is 4.19. The SMILES string of the molecule is CC(C)[N-]S(=O)(=O)c1ccc(-c2cc(-c3ccccc3)cc(C(N)=O)c2N)cc1. The lowest BCUT2D eigenvalue weighted by Gasteiger charge is -2.24. The summed E-state index contributed by atoms with van der Waals surface area (Å²) in [4.78, 5) is 12.0. The van der Waals surface area contributed by atoms with Gasteiger partial charge in [-0.3, -0.25) is 4.79 Å². The number of nitrogen functional groups attached to an aromatic ring is 1. The molecule has 3 rings (SSSR count). The van der Waals surface area contributed by atoms with Crippen molar-refractivity contribution in [3.05, 3.63) is 77.0 Å². The van der Waals surface area contributed by atoms with E-state index in [0.717, 1.165) is 11.1 Å². The van der Waals surface area contributed by atoms with Gasteiger partial charge in [-0.25, -0.2) is 8.42 Å². The van der Waals surface area contributed by atoms with Crippen LogP contribution in [0, 0.1) is 0 Å². The molecule has 0 atom stereocenters. The Balaban J connectivity index is 2.11. The minimum absolute atomic E-state index is 0.0999. The zero-order valence-electron chi connectivity index (χ0n) is 16.2. The van der Waals surface area contributed by atoms with Gasteiger partial charge in [-0.15, -0.1) is 6.04 Å². The number of anilines is 1. The highest BCUT2D eigenvalue weighted by Crippen LogP contribution is 2.35. The van der Waals surface area contributed by atoms with E-state index in [2.05, 4.69) is 4.72 Å². The third-order valence-electron chi connectivity index (χ3n) is 4.37. The fraction of sp³-hybridized carbons (Fsp3) is 0.136. The van der Waals surface area contributed by atoms with E-state index in [-0.39, 0.29) is 22.2 Å². The van der Waals surface area contributed by atoms with Crippen molar-refractivity contribution in [2.75, 3.05) is 5.73 Å². The molecule has 3 aromatic rings. The van der Waals surface area contributed by atoms with E-state index in [0.29, 0.717) is 11.1 Å². The lowest BCUT2D eigenvalue weighted by Crippen LogP contribution is -2.14. The summed E-state index contributed by atoms with van der Waals surface area (Å²) in [6.45, 7) is 3.40. The number of nitrogens with two attached hydrogens (primary N) is 2. The van der Waals surface area contributed by atoms with Crippen molar-refractivity contribution in [1.82, 2.24) is 0 Å². The largest absolute Gasteiger partial charge is 0.542 e. The monoisotopic (exact) mass is 408 g/mol. The van der Waals surface area contributed by atoms with E-state index in [9.17, 15) is 13.2 Å². The minimum atomic E-state index is -3.72. The van der Waals surface area contributed by atoms with E-state index in [1.165, 1.54) is 12.1 Å². The van der Waals surface area contributed by atoms with Gasteiger partial charge in [0.2, 0.25) is 0 Å². The number of amides is 1. The van der Waals surface area contributed by atoms with Gasteiger partial charge in [0, 0.05) is 10.5 Å². The molecule has 0 fully saturated rings. The lowest BCUT2D eigenvalue weighted by atomic mass is 9.94. The van der Waals surface area contributed by atoms with Crippen molar-refractivity contribution in [3.8, 4) is 22.3 Å². The van der Waals surface area contributed by atoms with Crippen LogP contribution in [0.5, 0.6) is 0 Å². The molecule has 0 heterocycles.